The van der Waals surface area contributed by atoms with Gasteiger partial charge in [-0.3, -0.25) is 5.32 Å². The van der Waals surface area contributed by atoms with E-state index in [1.807, 2.05) is 17.5 Å². The Morgan fingerprint density at radius 3 is 2.56 bits per heavy atom. The summed E-state index contributed by atoms with van der Waals surface area (Å²) in [6.45, 7) is 0. The van der Waals surface area contributed by atoms with Crippen molar-refractivity contribution in [3.05, 3.63) is 53.4 Å². The second-order valence-corrected chi connectivity index (χ2v) is 6.21. The second kappa shape index (κ2) is 8.21. The van der Waals surface area contributed by atoms with E-state index in [0.717, 1.165) is 11.3 Å². The van der Waals surface area contributed by atoms with E-state index in [9.17, 15) is 4.79 Å². The molecule has 2 amide bonds. The van der Waals surface area contributed by atoms with Gasteiger partial charge in [-0.05, 0) is 24.3 Å². The lowest BCUT2D eigenvalue weighted by atomic mass is 10.1. The van der Waals surface area contributed by atoms with E-state index in [1.54, 1.807) is 30.3 Å². The van der Waals surface area contributed by atoms with Gasteiger partial charge in [-0.1, -0.05) is 18.2 Å². The van der Waals surface area contributed by atoms with Gasteiger partial charge in [0, 0.05) is 10.9 Å². The van der Waals surface area contributed by atoms with Crippen molar-refractivity contribution in [3.63, 3.8) is 0 Å². The van der Waals surface area contributed by atoms with Crippen LogP contribution < -0.4 is 20.1 Å². The van der Waals surface area contributed by atoms with Crippen LogP contribution in [0.1, 0.15) is 5.56 Å². The number of nitrogens with zero attached hydrogens (tertiary/aromatic N) is 2. The Labute approximate surface area is 160 Å². The first-order valence-electron chi connectivity index (χ1n) is 7.89. The van der Waals surface area contributed by atoms with Crippen LogP contribution >= 0.6 is 11.3 Å². The summed E-state index contributed by atoms with van der Waals surface area (Å²) in [6.07, 6.45) is 0. The first-order chi connectivity index (χ1) is 13.1. The van der Waals surface area contributed by atoms with E-state index in [1.165, 1.54) is 25.6 Å². The first-order valence-corrected chi connectivity index (χ1v) is 8.77. The van der Waals surface area contributed by atoms with Crippen LogP contribution in [-0.2, 0) is 0 Å². The van der Waals surface area contributed by atoms with Crippen LogP contribution in [0.4, 0.5) is 15.6 Å². The predicted octanol–water partition coefficient (Wildman–Crippen LogP) is 4.34. The number of hydrogen-bond donors (Lipinski definition) is 2. The quantitative estimate of drug-likeness (QED) is 0.686. The van der Waals surface area contributed by atoms with Crippen LogP contribution in [0, 0.1) is 11.3 Å². The molecule has 136 valence electrons. The second-order valence-electron chi connectivity index (χ2n) is 5.35. The minimum Gasteiger partial charge on any atom is -0.493 e. The fraction of sp³-hybridized carbons (Fsp3) is 0.105. The molecule has 3 rings (SSSR count). The van der Waals surface area contributed by atoms with Crippen molar-refractivity contribution in [2.75, 3.05) is 24.9 Å². The van der Waals surface area contributed by atoms with Crippen molar-refractivity contribution in [2.24, 2.45) is 0 Å². The third-order valence-electron chi connectivity index (χ3n) is 3.69. The number of nitrogens with one attached hydrogen (secondary N) is 2. The molecule has 0 aliphatic carbocycles. The minimum atomic E-state index is -0.442. The van der Waals surface area contributed by atoms with Crippen LogP contribution in [0.25, 0.3) is 11.3 Å². The molecule has 0 radical (unpaired) electrons. The molecule has 8 heteroatoms. The lowest BCUT2D eigenvalue weighted by Gasteiger charge is -2.13. The number of hydrogen-bond acceptors (Lipinski definition) is 6. The normalized spacial score (nSPS) is 9.96. The smallest absolute Gasteiger partial charge is 0.325 e. The highest BCUT2D eigenvalue weighted by atomic mass is 32.1. The standard InChI is InChI=1S/C19H16N4O3S/c1-25-16-5-3-4-14(17(16)26-2)21-18(24)23-19-22-15(11-27-19)13-8-6-12(10-20)7-9-13/h3-9,11H,1-2H3,(H2,21,22,23,24). The van der Waals surface area contributed by atoms with Gasteiger partial charge in [-0.25, -0.2) is 9.78 Å². The van der Waals surface area contributed by atoms with Crippen LogP contribution in [0.2, 0.25) is 0 Å². The number of aromatic nitrogens is 1. The van der Waals surface area contributed by atoms with Crippen molar-refractivity contribution in [2.45, 2.75) is 0 Å². The fourth-order valence-corrected chi connectivity index (χ4v) is 3.13. The maximum absolute atomic E-state index is 12.3. The highest BCUT2D eigenvalue weighted by molar-refractivity contribution is 7.14. The zero-order valence-electron chi connectivity index (χ0n) is 14.6. The van der Waals surface area contributed by atoms with Gasteiger partial charge in [-0.15, -0.1) is 11.3 Å². The number of thiazole rings is 1. The van der Waals surface area contributed by atoms with E-state index in [0.29, 0.717) is 27.9 Å². The average Bonchev–Trinajstić information content (AvgIpc) is 3.16. The molecule has 1 heterocycles. The average molecular weight is 380 g/mol. The number of nitriles is 1. The van der Waals surface area contributed by atoms with Crippen molar-refractivity contribution in [3.8, 4) is 28.8 Å². The summed E-state index contributed by atoms with van der Waals surface area (Å²) in [5, 5.41) is 16.6. The van der Waals surface area contributed by atoms with Gasteiger partial charge in [0.2, 0.25) is 0 Å². The molecule has 0 aliphatic heterocycles. The molecule has 7 nitrogen and oxygen atoms in total. The molecule has 27 heavy (non-hydrogen) atoms. The molecule has 2 aromatic carbocycles. The first kappa shape index (κ1) is 18.2. The number of amides is 2. The molecule has 1 aromatic heterocycles. The number of methoxy groups -OCH3 is 2. The van der Waals surface area contributed by atoms with Crippen molar-refractivity contribution >= 4 is 28.2 Å². The summed E-state index contributed by atoms with van der Waals surface area (Å²) >= 11 is 1.31. The Balaban J connectivity index is 1.70. The van der Waals surface area contributed by atoms with Gasteiger partial charge in [-0.2, -0.15) is 5.26 Å². The highest BCUT2D eigenvalue weighted by Crippen LogP contribution is 2.34. The molecular formula is C19H16N4O3S. The number of carbonyl (C=O) groups is 1. The Hall–Kier alpha value is -3.57. The number of para-hydroxylation sites is 1. The van der Waals surface area contributed by atoms with Crippen molar-refractivity contribution < 1.29 is 14.3 Å². The summed E-state index contributed by atoms with van der Waals surface area (Å²) in [5.74, 6) is 0.959. The molecule has 0 saturated heterocycles. The number of urea groups is 1. The number of benzene rings is 2. The molecule has 0 atom stereocenters. The van der Waals surface area contributed by atoms with E-state index in [-0.39, 0.29) is 0 Å². The van der Waals surface area contributed by atoms with Crippen molar-refractivity contribution in [1.82, 2.24) is 4.98 Å². The van der Waals surface area contributed by atoms with Crippen molar-refractivity contribution in [1.29, 1.82) is 5.26 Å². The summed E-state index contributed by atoms with van der Waals surface area (Å²) < 4.78 is 10.5. The van der Waals surface area contributed by atoms with Crippen LogP contribution in [0.3, 0.4) is 0 Å². The molecular weight excluding hydrogens is 364 g/mol. The Kier molecular flexibility index (Phi) is 5.54. The van der Waals surface area contributed by atoms with Gasteiger partial charge >= 0.3 is 6.03 Å². The van der Waals surface area contributed by atoms with E-state index in [2.05, 4.69) is 21.7 Å². The summed E-state index contributed by atoms with van der Waals surface area (Å²) in [5.41, 5.74) is 2.66. The van der Waals surface area contributed by atoms with Crippen LogP contribution in [0.5, 0.6) is 11.5 Å². The highest BCUT2D eigenvalue weighted by Gasteiger charge is 2.13. The predicted molar refractivity (Wildman–Crippen MR) is 104 cm³/mol. The third kappa shape index (κ3) is 4.16. The monoisotopic (exact) mass is 380 g/mol. The van der Waals surface area contributed by atoms with Gasteiger partial charge in [0.05, 0.1) is 37.2 Å². The van der Waals surface area contributed by atoms with Crippen LogP contribution in [0.15, 0.2) is 47.8 Å². The molecule has 2 N–H and O–H groups in total. The molecule has 0 saturated carbocycles. The zero-order chi connectivity index (χ0) is 19.2. The minimum absolute atomic E-state index is 0.438. The van der Waals surface area contributed by atoms with Gasteiger partial charge in [0.15, 0.2) is 16.6 Å². The van der Waals surface area contributed by atoms with E-state index >= 15 is 0 Å². The number of ether oxygens (including phenoxy) is 2. The maximum Gasteiger partial charge on any atom is 0.325 e. The van der Waals surface area contributed by atoms with Crippen LogP contribution in [-0.4, -0.2) is 25.2 Å². The summed E-state index contributed by atoms with van der Waals surface area (Å²) in [6, 6.07) is 13.9. The molecule has 3 aromatic rings. The van der Waals surface area contributed by atoms with Gasteiger partial charge < -0.3 is 14.8 Å². The topological polar surface area (TPSA) is 96.3 Å². The SMILES string of the molecule is COc1cccc(NC(=O)Nc2nc(-c3ccc(C#N)cc3)cs2)c1OC. The molecule has 0 aliphatic rings. The Morgan fingerprint density at radius 2 is 1.89 bits per heavy atom. The molecule has 0 unspecified atom stereocenters. The molecule has 0 bridgehead atoms. The lowest BCUT2D eigenvalue weighted by molar-refractivity contribution is 0.262. The fourth-order valence-electron chi connectivity index (χ4n) is 2.42. The number of rotatable bonds is 5. The van der Waals surface area contributed by atoms with Gasteiger partial charge in [0.25, 0.3) is 0 Å². The zero-order valence-corrected chi connectivity index (χ0v) is 15.5. The Morgan fingerprint density at radius 1 is 1.11 bits per heavy atom. The molecule has 0 spiro atoms. The molecule has 0 fully saturated rings. The number of carbonyl (C=O) groups excluding carboxylic acids is 1. The number of anilines is 2. The van der Waals surface area contributed by atoms with Gasteiger partial charge in [0.1, 0.15) is 0 Å². The van der Waals surface area contributed by atoms with E-state index < -0.39 is 6.03 Å². The Bertz CT molecular complexity index is 993. The third-order valence-corrected chi connectivity index (χ3v) is 4.44. The largest absolute Gasteiger partial charge is 0.493 e. The lowest BCUT2D eigenvalue weighted by Crippen LogP contribution is -2.19. The maximum atomic E-state index is 12.3. The summed E-state index contributed by atoms with van der Waals surface area (Å²) in [4.78, 5) is 16.7. The summed E-state index contributed by atoms with van der Waals surface area (Å²) in [7, 11) is 3.04. The van der Waals surface area contributed by atoms with E-state index in [4.69, 9.17) is 14.7 Å².